The highest BCUT2D eigenvalue weighted by Gasteiger charge is 2.33. The van der Waals surface area contributed by atoms with Gasteiger partial charge in [0.25, 0.3) is 12.0 Å². The first-order valence-electron chi connectivity index (χ1n) is 7.17. The zero-order valence-corrected chi connectivity index (χ0v) is 15.7. The lowest BCUT2D eigenvalue weighted by molar-refractivity contribution is -0.137. The van der Waals surface area contributed by atoms with Crippen LogP contribution < -0.4 is 5.32 Å². The fourth-order valence-electron chi connectivity index (χ4n) is 2.08. The fraction of sp³-hybridized carbons (Fsp3) is 0.250. The van der Waals surface area contributed by atoms with E-state index in [0.717, 1.165) is 9.64 Å². The summed E-state index contributed by atoms with van der Waals surface area (Å²) in [6.07, 6.45) is -3.46. The molecule has 0 saturated heterocycles. The Labute approximate surface area is 159 Å². The van der Waals surface area contributed by atoms with Gasteiger partial charge in [0.1, 0.15) is 5.54 Å². The molecule has 1 aromatic heterocycles. The van der Waals surface area contributed by atoms with Gasteiger partial charge in [0.2, 0.25) is 0 Å². The zero-order valence-electron chi connectivity index (χ0n) is 13.5. The van der Waals surface area contributed by atoms with Crippen LogP contribution in [0.2, 0.25) is 0 Å². The average Bonchev–Trinajstić information content (AvgIpc) is 2.94. The van der Waals surface area contributed by atoms with Gasteiger partial charge in [-0.1, -0.05) is 0 Å². The molecule has 10 heteroatoms. The van der Waals surface area contributed by atoms with Gasteiger partial charge in [0.15, 0.2) is 0 Å². The van der Waals surface area contributed by atoms with Crippen molar-refractivity contribution in [2.45, 2.75) is 25.6 Å². The minimum atomic E-state index is -4.69. The summed E-state index contributed by atoms with van der Waals surface area (Å²) < 4.78 is 65.8. The number of halogens is 6. The fourth-order valence-corrected chi connectivity index (χ4v) is 2.46. The molecule has 0 radical (unpaired) electrons. The Morgan fingerprint density at radius 3 is 2.42 bits per heavy atom. The smallest absolute Gasteiger partial charge is 0.323 e. The first-order valence-corrected chi connectivity index (χ1v) is 8.25. The van der Waals surface area contributed by atoms with Crippen LogP contribution >= 0.6 is 22.6 Å². The van der Waals surface area contributed by atoms with Crippen molar-refractivity contribution < 1.29 is 26.7 Å². The van der Waals surface area contributed by atoms with Crippen LogP contribution in [0.1, 0.15) is 25.0 Å². The van der Waals surface area contributed by atoms with Crippen molar-refractivity contribution in [3.05, 3.63) is 51.4 Å². The zero-order chi connectivity index (χ0) is 19.7. The van der Waals surface area contributed by atoms with Crippen molar-refractivity contribution in [3.63, 3.8) is 0 Å². The predicted octanol–water partition coefficient (Wildman–Crippen LogP) is 5.12. The van der Waals surface area contributed by atoms with Crippen molar-refractivity contribution >= 4 is 40.3 Å². The Bertz CT molecular complexity index is 854. The van der Waals surface area contributed by atoms with Crippen LogP contribution in [0.3, 0.4) is 0 Å². The molecule has 2 rings (SSSR count). The van der Waals surface area contributed by atoms with E-state index in [2.05, 4.69) is 10.4 Å². The van der Waals surface area contributed by atoms with Gasteiger partial charge >= 0.3 is 6.18 Å². The van der Waals surface area contributed by atoms with Crippen molar-refractivity contribution in [1.82, 2.24) is 9.78 Å². The van der Waals surface area contributed by atoms with E-state index < -0.39 is 34.8 Å². The Kier molecular flexibility index (Phi) is 5.73. The van der Waals surface area contributed by atoms with Crippen LogP contribution in [0.25, 0.3) is 6.08 Å². The minimum absolute atomic E-state index is 0.161. The Morgan fingerprint density at radius 2 is 1.92 bits per heavy atom. The van der Waals surface area contributed by atoms with Crippen LogP contribution in [0.5, 0.6) is 0 Å². The number of nitrogens with one attached hydrogen (secondary N) is 1. The lowest BCUT2D eigenvalue weighted by Crippen LogP contribution is -2.40. The lowest BCUT2D eigenvalue weighted by atomic mass is 10.0. The van der Waals surface area contributed by atoms with E-state index >= 15 is 0 Å². The number of hydrogen-bond donors (Lipinski definition) is 1. The summed E-state index contributed by atoms with van der Waals surface area (Å²) in [5.74, 6) is -0.620. The molecular formula is C16H13F5IN3O. The second-order valence-electron chi connectivity index (χ2n) is 5.85. The molecule has 0 fully saturated rings. The largest absolute Gasteiger partial charge is 0.416 e. The Balaban J connectivity index is 2.39. The highest BCUT2D eigenvalue weighted by Crippen LogP contribution is 2.33. The van der Waals surface area contributed by atoms with E-state index in [-0.39, 0.29) is 11.8 Å². The second-order valence-corrected chi connectivity index (χ2v) is 7.10. The Morgan fingerprint density at radius 1 is 1.27 bits per heavy atom. The molecule has 26 heavy (non-hydrogen) atoms. The lowest BCUT2D eigenvalue weighted by Gasteiger charge is -2.25. The number of carbonyl (C=O) groups is 1. The number of carbonyl (C=O) groups excluding carboxylic acids is 1. The van der Waals surface area contributed by atoms with E-state index in [0.29, 0.717) is 12.1 Å². The van der Waals surface area contributed by atoms with E-state index in [1.807, 2.05) is 22.6 Å². The molecule has 0 saturated carbocycles. The SMILES string of the molecule is CC(C)(C(=O)Nc1ccc(C(F)(F)F)cc1C=C(F)F)n1cc(I)cn1. The second kappa shape index (κ2) is 7.33. The summed E-state index contributed by atoms with van der Waals surface area (Å²) in [7, 11) is 0. The van der Waals surface area contributed by atoms with Gasteiger partial charge in [-0.05, 0) is 54.6 Å². The van der Waals surface area contributed by atoms with E-state index in [1.54, 1.807) is 20.0 Å². The summed E-state index contributed by atoms with van der Waals surface area (Å²) in [5, 5.41) is 6.43. The van der Waals surface area contributed by atoms with Crippen LogP contribution in [-0.4, -0.2) is 15.7 Å². The van der Waals surface area contributed by atoms with Crippen molar-refractivity contribution in [1.29, 1.82) is 0 Å². The summed E-state index contributed by atoms with van der Waals surface area (Å²) in [6, 6.07) is 2.21. The molecule has 140 valence electrons. The standard InChI is InChI=1S/C16H13F5IN3O/c1-15(2,25-8-11(22)7-23-25)14(26)24-12-4-3-10(16(19,20)21)5-9(12)6-13(17)18/h3-8H,1-2H3,(H,24,26). The average molecular weight is 485 g/mol. The predicted molar refractivity (Wildman–Crippen MR) is 94.5 cm³/mol. The highest BCUT2D eigenvalue weighted by atomic mass is 127. The maximum Gasteiger partial charge on any atom is 0.416 e. The van der Waals surface area contributed by atoms with E-state index in [4.69, 9.17) is 0 Å². The maximum atomic E-state index is 12.8. The number of alkyl halides is 3. The molecule has 4 nitrogen and oxygen atoms in total. The molecule has 1 amide bonds. The number of amides is 1. The molecule has 0 spiro atoms. The van der Waals surface area contributed by atoms with Gasteiger partial charge in [-0.3, -0.25) is 9.48 Å². The van der Waals surface area contributed by atoms with Gasteiger partial charge in [-0.15, -0.1) is 0 Å². The molecule has 0 unspecified atom stereocenters. The topological polar surface area (TPSA) is 46.9 Å². The van der Waals surface area contributed by atoms with Crippen LogP contribution in [0, 0.1) is 3.57 Å². The number of aromatic nitrogens is 2. The molecule has 2 aromatic rings. The van der Waals surface area contributed by atoms with Crippen molar-refractivity contribution in [2.24, 2.45) is 0 Å². The number of benzene rings is 1. The van der Waals surface area contributed by atoms with E-state index in [9.17, 15) is 26.7 Å². The van der Waals surface area contributed by atoms with Crippen molar-refractivity contribution in [2.75, 3.05) is 5.32 Å². The summed E-state index contributed by atoms with van der Waals surface area (Å²) >= 11 is 2.00. The van der Waals surface area contributed by atoms with Crippen LogP contribution in [-0.2, 0) is 16.5 Å². The van der Waals surface area contributed by atoms with Crippen LogP contribution in [0.4, 0.5) is 27.6 Å². The third kappa shape index (κ3) is 4.59. The number of rotatable bonds is 4. The van der Waals surface area contributed by atoms with E-state index in [1.165, 1.54) is 10.9 Å². The van der Waals surface area contributed by atoms with Gasteiger partial charge in [0.05, 0.1) is 15.3 Å². The Hall–Kier alpha value is -1.98. The minimum Gasteiger partial charge on any atom is -0.323 e. The maximum absolute atomic E-state index is 12.8. The monoisotopic (exact) mass is 485 g/mol. The summed E-state index contributed by atoms with van der Waals surface area (Å²) in [4.78, 5) is 12.6. The number of nitrogens with zero attached hydrogens (tertiary/aromatic N) is 2. The normalized spacial score (nSPS) is 12.0. The molecule has 0 bridgehead atoms. The molecule has 1 aromatic carbocycles. The first-order chi connectivity index (χ1) is 11.9. The third-order valence-electron chi connectivity index (χ3n) is 3.57. The van der Waals surface area contributed by atoms with Gasteiger partial charge in [-0.2, -0.15) is 27.1 Å². The first kappa shape index (κ1) is 20.3. The number of anilines is 1. The summed E-state index contributed by atoms with van der Waals surface area (Å²) in [5.41, 5.74) is -2.89. The molecule has 1 N–H and O–H groups in total. The molecule has 0 atom stereocenters. The van der Waals surface area contributed by atoms with Gasteiger partial charge < -0.3 is 5.32 Å². The van der Waals surface area contributed by atoms with Gasteiger partial charge in [0, 0.05) is 23.5 Å². The van der Waals surface area contributed by atoms with Crippen LogP contribution in [0.15, 0.2) is 36.7 Å². The third-order valence-corrected chi connectivity index (χ3v) is 4.13. The molecule has 0 aliphatic rings. The molecule has 0 aliphatic heterocycles. The van der Waals surface area contributed by atoms with Crippen molar-refractivity contribution in [3.8, 4) is 0 Å². The number of hydrogen-bond acceptors (Lipinski definition) is 2. The molecule has 0 aliphatic carbocycles. The molecule has 1 heterocycles. The quantitative estimate of drug-likeness (QED) is 0.483. The van der Waals surface area contributed by atoms with Gasteiger partial charge in [-0.25, -0.2) is 0 Å². The summed E-state index contributed by atoms with van der Waals surface area (Å²) in [6.45, 7) is 3.08. The molecular weight excluding hydrogens is 472 g/mol. The highest BCUT2D eigenvalue weighted by molar-refractivity contribution is 14.1.